The van der Waals surface area contributed by atoms with Crippen LogP contribution in [0.15, 0.2) is 6.20 Å². The summed E-state index contributed by atoms with van der Waals surface area (Å²) in [5, 5.41) is 13.9. The Morgan fingerprint density at radius 3 is 3.14 bits per heavy atom. The lowest BCUT2D eigenvalue weighted by Gasteiger charge is -2.14. The molecule has 0 aliphatic heterocycles. The van der Waals surface area contributed by atoms with Gasteiger partial charge in [0, 0.05) is 25.7 Å². The minimum atomic E-state index is 0.801. The van der Waals surface area contributed by atoms with Crippen LogP contribution in [-0.2, 0) is 6.54 Å². The number of aromatic nitrogens is 3. The standard InChI is InChI=1S/C9H17N5/c1-14(5-4-10-8-2-3-8)7-9-6-11-13-12-9/h6,8,10H,2-5,7H2,1H3,(H,11,12,13). The zero-order valence-corrected chi connectivity index (χ0v) is 8.53. The van der Waals surface area contributed by atoms with E-state index >= 15 is 0 Å². The van der Waals surface area contributed by atoms with Crippen LogP contribution >= 0.6 is 0 Å². The van der Waals surface area contributed by atoms with E-state index < -0.39 is 0 Å². The lowest BCUT2D eigenvalue weighted by atomic mass is 10.4. The zero-order valence-electron chi connectivity index (χ0n) is 8.53. The molecule has 2 rings (SSSR count). The third-order valence-electron chi connectivity index (χ3n) is 2.40. The van der Waals surface area contributed by atoms with Gasteiger partial charge in [-0.25, -0.2) is 0 Å². The van der Waals surface area contributed by atoms with E-state index in [9.17, 15) is 0 Å². The quantitative estimate of drug-likeness (QED) is 0.670. The van der Waals surface area contributed by atoms with E-state index in [1.165, 1.54) is 12.8 Å². The maximum atomic E-state index is 4.01. The Morgan fingerprint density at radius 1 is 1.64 bits per heavy atom. The second-order valence-electron chi connectivity index (χ2n) is 3.93. The summed E-state index contributed by atoms with van der Waals surface area (Å²) in [4.78, 5) is 2.24. The molecule has 0 saturated heterocycles. The average molecular weight is 195 g/mol. The van der Waals surface area contributed by atoms with Crippen LogP contribution in [0.2, 0.25) is 0 Å². The first-order valence-electron chi connectivity index (χ1n) is 5.11. The molecule has 2 N–H and O–H groups in total. The maximum absolute atomic E-state index is 4.01. The molecule has 78 valence electrons. The molecule has 0 bridgehead atoms. The van der Waals surface area contributed by atoms with E-state index in [1.807, 2.05) is 0 Å². The molecule has 0 spiro atoms. The Labute approximate surface area is 83.9 Å². The molecular formula is C9H17N5. The molecule has 1 aliphatic rings. The lowest BCUT2D eigenvalue weighted by molar-refractivity contribution is 0.320. The number of likely N-dealkylation sites (N-methyl/N-ethyl adjacent to an activating group) is 1. The Hall–Kier alpha value is -0.940. The molecule has 0 amide bonds. The van der Waals surface area contributed by atoms with Gasteiger partial charge in [0.25, 0.3) is 0 Å². The first kappa shape index (κ1) is 9.61. The number of rotatable bonds is 6. The fourth-order valence-corrected chi connectivity index (χ4v) is 1.40. The Balaban J connectivity index is 1.60. The average Bonchev–Trinajstić information content (AvgIpc) is 2.83. The summed E-state index contributed by atoms with van der Waals surface area (Å²) in [5.41, 5.74) is 0.999. The van der Waals surface area contributed by atoms with Crippen molar-refractivity contribution in [3.8, 4) is 0 Å². The number of H-pyrrole nitrogens is 1. The van der Waals surface area contributed by atoms with Crippen molar-refractivity contribution in [2.24, 2.45) is 0 Å². The monoisotopic (exact) mass is 195 g/mol. The molecule has 1 saturated carbocycles. The van der Waals surface area contributed by atoms with E-state index in [4.69, 9.17) is 0 Å². The minimum absolute atomic E-state index is 0.801. The summed E-state index contributed by atoms with van der Waals surface area (Å²) in [6, 6.07) is 0.801. The number of nitrogens with one attached hydrogen (secondary N) is 2. The number of hydrogen-bond acceptors (Lipinski definition) is 4. The van der Waals surface area contributed by atoms with Crippen LogP contribution in [0.25, 0.3) is 0 Å². The van der Waals surface area contributed by atoms with Gasteiger partial charge in [-0.3, -0.25) is 4.90 Å². The highest BCUT2D eigenvalue weighted by Gasteiger charge is 2.19. The van der Waals surface area contributed by atoms with Crippen LogP contribution in [0.5, 0.6) is 0 Å². The van der Waals surface area contributed by atoms with Crippen molar-refractivity contribution in [3.63, 3.8) is 0 Å². The first-order valence-corrected chi connectivity index (χ1v) is 5.11. The highest BCUT2D eigenvalue weighted by Crippen LogP contribution is 2.17. The van der Waals surface area contributed by atoms with Crippen molar-refractivity contribution in [1.82, 2.24) is 25.6 Å². The molecule has 0 atom stereocenters. The summed E-state index contributed by atoms with van der Waals surface area (Å²) >= 11 is 0. The van der Waals surface area contributed by atoms with Gasteiger partial charge in [0.1, 0.15) is 0 Å². The lowest BCUT2D eigenvalue weighted by Crippen LogP contribution is -2.30. The Morgan fingerprint density at radius 2 is 2.50 bits per heavy atom. The summed E-state index contributed by atoms with van der Waals surface area (Å²) in [6.45, 7) is 2.99. The molecule has 1 fully saturated rings. The second kappa shape index (κ2) is 4.52. The van der Waals surface area contributed by atoms with Gasteiger partial charge in [0.2, 0.25) is 0 Å². The van der Waals surface area contributed by atoms with E-state index in [1.54, 1.807) is 6.20 Å². The van der Waals surface area contributed by atoms with Crippen molar-refractivity contribution in [2.45, 2.75) is 25.4 Å². The highest BCUT2D eigenvalue weighted by molar-refractivity contribution is 4.89. The van der Waals surface area contributed by atoms with Crippen LogP contribution < -0.4 is 5.32 Å². The summed E-state index contributed by atoms with van der Waals surface area (Å²) in [7, 11) is 2.10. The van der Waals surface area contributed by atoms with Crippen molar-refractivity contribution >= 4 is 0 Å². The van der Waals surface area contributed by atoms with Crippen LogP contribution in [0.1, 0.15) is 18.5 Å². The van der Waals surface area contributed by atoms with Crippen molar-refractivity contribution in [2.75, 3.05) is 20.1 Å². The second-order valence-corrected chi connectivity index (χ2v) is 3.93. The number of hydrogen-bond donors (Lipinski definition) is 2. The Kier molecular flexibility index (Phi) is 3.10. The predicted molar refractivity (Wildman–Crippen MR) is 53.7 cm³/mol. The normalized spacial score (nSPS) is 16.4. The minimum Gasteiger partial charge on any atom is -0.313 e. The van der Waals surface area contributed by atoms with Gasteiger partial charge in [0.15, 0.2) is 0 Å². The van der Waals surface area contributed by atoms with Gasteiger partial charge in [-0.2, -0.15) is 15.4 Å². The molecule has 5 nitrogen and oxygen atoms in total. The third kappa shape index (κ3) is 3.08. The smallest absolute Gasteiger partial charge is 0.0964 e. The summed E-state index contributed by atoms with van der Waals surface area (Å²) < 4.78 is 0. The van der Waals surface area contributed by atoms with Crippen molar-refractivity contribution in [1.29, 1.82) is 0 Å². The van der Waals surface area contributed by atoms with Gasteiger partial charge in [-0.15, -0.1) is 0 Å². The highest BCUT2D eigenvalue weighted by atomic mass is 15.3. The van der Waals surface area contributed by atoms with Gasteiger partial charge in [-0.05, 0) is 19.9 Å². The zero-order chi connectivity index (χ0) is 9.80. The molecule has 1 aromatic rings. The SMILES string of the molecule is CN(CCNC1CC1)Cc1cn[nH]n1. The molecule has 5 heteroatoms. The van der Waals surface area contributed by atoms with E-state index in [2.05, 4.69) is 32.7 Å². The summed E-state index contributed by atoms with van der Waals surface area (Å²) in [6.07, 6.45) is 4.48. The fraction of sp³-hybridized carbons (Fsp3) is 0.778. The number of nitrogens with zero attached hydrogens (tertiary/aromatic N) is 3. The van der Waals surface area contributed by atoms with E-state index in [-0.39, 0.29) is 0 Å². The topological polar surface area (TPSA) is 56.8 Å². The molecule has 1 aromatic heterocycles. The van der Waals surface area contributed by atoms with Crippen molar-refractivity contribution < 1.29 is 0 Å². The number of aromatic amines is 1. The van der Waals surface area contributed by atoms with Crippen LogP contribution in [0.3, 0.4) is 0 Å². The van der Waals surface area contributed by atoms with Gasteiger partial charge >= 0.3 is 0 Å². The predicted octanol–water partition coefficient (Wildman–Crippen LogP) is -0.0115. The molecule has 0 radical (unpaired) electrons. The summed E-state index contributed by atoms with van der Waals surface area (Å²) in [5.74, 6) is 0. The molecule has 0 aromatic carbocycles. The molecule has 1 aliphatic carbocycles. The third-order valence-corrected chi connectivity index (χ3v) is 2.40. The Bertz CT molecular complexity index is 254. The largest absolute Gasteiger partial charge is 0.313 e. The van der Waals surface area contributed by atoms with E-state index in [0.29, 0.717) is 0 Å². The fourth-order valence-electron chi connectivity index (χ4n) is 1.40. The molecule has 1 heterocycles. The van der Waals surface area contributed by atoms with Crippen LogP contribution in [0.4, 0.5) is 0 Å². The van der Waals surface area contributed by atoms with E-state index in [0.717, 1.165) is 31.4 Å². The van der Waals surface area contributed by atoms with Crippen LogP contribution in [-0.4, -0.2) is 46.5 Å². The van der Waals surface area contributed by atoms with Gasteiger partial charge < -0.3 is 5.32 Å². The van der Waals surface area contributed by atoms with Gasteiger partial charge in [-0.1, -0.05) is 0 Å². The molecule has 14 heavy (non-hydrogen) atoms. The first-order chi connectivity index (χ1) is 6.84. The van der Waals surface area contributed by atoms with Gasteiger partial charge in [0.05, 0.1) is 11.9 Å². The maximum Gasteiger partial charge on any atom is 0.0964 e. The molecular weight excluding hydrogens is 178 g/mol. The van der Waals surface area contributed by atoms with Crippen LogP contribution in [0, 0.1) is 0 Å². The molecule has 0 unspecified atom stereocenters. The van der Waals surface area contributed by atoms with Crippen molar-refractivity contribution in [3.05, 3.63) is 11.9 Å².